The fraction of sp³-hybridized carbons (Fsp3) is 0.193. The van der Waals surface area contributed by atoms with E-state index in [9.17, 15) is 0 Å². The topological polar surface area (TPSA) is 53.7 Å². The van der Waals surface area contributed by atoms with E-state index in [1.54, 1.807) is 6.20 Å². The highest BCUT2D eigenvalue weighted by Crippen LogP contribution is 2.47. The van der Waals surface area contributed by atoms with Crippen molar-refractivity contribution in [2.45, 2.75) is 70.9 Å². The van der Waals surface area contributed by atoms with Gasteiger partial charge in [-0.3, -0.25) is 0 Å². The molecule has 0 saturated carbocycles. The summed E-state index contributed by atoms with van der Waals surface area (Å²) < 4.78 is 13.7. The first-order valence-electron chi connectivity index (χ1n) is 22.7. The summed E-state index contributed by atoms with van der Waals surface area (Å²) in [5, 5.41) is 9.62. The number of hydrogen-bond donors (Lipinski definition) is 0. The standard InChI is InChI=1S/C57H49N5O/c1-5-30-56(4,61-50-23-13-9-17-40(50)41-18-10-14-24-51(41)61)37-26-29-53-46(33-37)43-20-11-15-25-52(43)62(53)57(7-3,31-6-2)38-27-28-49-45(34-38)42-19-8-12-22-48(42)60(49)39-35-47-44-21-16-32-58-54(44)63-55(47)59-36-39/h8-29,32-36H,5-7,30-31H2,1-4H3. The number of fused-ring (bicyclic) bond motifs is 12. The van der Waals surface area contributed by atoms with Crippen LogP contribution in [0.2, 0.25) is 0 Å². The summed E-state index contributed by atoms with van der Waals surface area (Å²) in [5.41, 5.74) is 11.7. The van der Waals surface area contributed by atoms with E-state index in [2.05, 4.69) is 192 Å². The lowest BCUT2D eigenvalue weighted by Crippen LogP contribution is -2.34. The first-order chi connectivity index (χ1) is 31.0. The highest BCUT2D eigenvalue weighted by molar-refractivity contribution is 6.12. The van der Waals surface area contributed by atoms with E-state index < -0.39 is 0 Å². The van der Waals surface area contributed by atoms with Crippen LogP contribution in [0.5, 0.6) is 0 Å². The van der Waals surface area contributed by atoms with Crippen LogP contribution in [0.1, 0.15) is 70.9 Å². The molecule has 0 aliphatic heterocycles. The molecule has 0 spiro atoms. The molecule has 6 nitrogen and oxygen atoms in total. The monoisotopic (exact) mass is 819 g/mol. The van der Waals surface area contributed by atoms with Gasteiger partial charge in [-0.25, -0.2) is 9.97 Å². The Morgan fingerprint density at radius 2 is 0.968 bits per heavy atom. The zero-order valence-electron chi connectivity index (χ0n) is 36.3. The third kappa shape index (κ3) is 5.30. The molecule has 0 saturated heterocycles. The first kappa shape index (κ1) is 37.6. The Kier molecular flexibility index (Phi) is 8.46. The van der Waals surface area contributed by atoms with Crippen LogP contribution >= 0.6 is 0 Å². The van der Waals surface area contributed by atoms with Crippen LogP contribution in [0.3, 0.4) is 0 Å². The average molecular weight is 820 g/mol. The molecule has 2 unspecified atom stereocenters. The van der Waals surface area contributed by atoms with Crippen molar-refractivity contribution in [3.63, 3.8) is 0 Å². The normalized spacial score (nSPS) is 14.3. The molecule has 0 aliphatic rings. The Labute approximate surface area is 366 Å². The van der Waals surface area contributed by atoms with Crippen LogP contribution in [0.15, 0.2) is 168 Å². The van der Waals surface area contributed by atoms with Crippen molar-refractivity contribution >= 4 is 87.6 Å². The summed E-state index contributed by atoms with van der Waals surface area (Å²) in [7, 11) is 0. The predicted octanol–water partition coefficient (Wildman–Crippen LogP) is 15.2. The minimum Gasteiger partial charge on any atom is -0.419 e. The summed E-state index contributed by atoms with van der Waals surface area (Å²) in [5.74, 6) is 0. The molecular formula is C57H49N5O. The number of hydrogen-bond acceptors (Lipinski definition) is 3. The van der Waals surface area contributed by atoms with Gasteiger partial charge in [-0.05, 0) is 104 Å². The van der Waals surface area contributed by atoms with Crippen LogP contribution in [0.4, 0.5) is 0 Å². The largest absolute Gasteiger partial charge is 0.419 e. The Bertz CT molecular complexity index is 3700. The average Bonchev–Trinajstić information content (AvgIpc) is 4.07. The van der Waals surface area contributed by atoms with Crippen LogP contribution < -0.4 is 0 Å². The molecule has 0 radical (unpaired) electrons. The number of pyridine rings is 2. The Morgan fingerprint density at radius 1 is 0.460 bits per heavy atom. The van der Waals surface area contributed by atoms with Crippen molar-refractivity contribution in [1.29, 1.82) is 0 Å². The van der Waals surface area contributed by atoms with Crippen molar-refractivity contribution in [1.82, 2.24) is 23.7 Å². The van der Waals surface area contributed by atoms with Crippen molar-refractivity contribution < 1.29 is 4.42 Å². The van der Waals surface area contributed by atoms with Crippen molar-refractivity contribution in [3.05, 3.63) is 175 Å². The van der Waals surface area contributed by atoms with Gasteiger partial charge in [-0.15, -0.1) is 0 Å². The maximum Gasteiger partial charge on any atom is 0.229 e. The molecule has 6 aromatic carbocycles. The fourth-order valence-corrected chi connectivity index (χ4v) is 11.6. The van der Waals surface area contributed by atoms with Crippen LogP contribution in [-0.4, -0.2) is 23.7 Å². The summed E-state index contributed by atoms with van der Waals surface area (Å²) in [6.07, 6.45) is 8.76. The van der Waals surface area contributed by atoms with Gasteiger partial charge in [-0.2, -0.15) is 0 Å². The summed E-state index contributed by atoms with van der Waals surface area (Å²) >= 11 is 0. The molecule has 0 aliphatic carbocycles. The molecule has 0 fully saturated rings. The van der Waals surface area contributed by atoms with E-state index in [1.807, 2.05) is 12.3 Å². The number of benzene rings is 6. The van der Waals surface area contributed by atoms with Gasteiger partial charge in [0.15, 0.2) is 0 Å². The number of nitrogens with zero attached hydrogens (tertiary/aromatic N) is 5. The SMILES string of the molecule is CCCC(C)(c1ccc2c(c1)c1ccccc1n2C(CC)(CCC)c1ccc2c(c1)c1ccccc1n2-c1cnc2oc3ncccc3c2c1)n1c2ccccc2c2ccccc21. The zero-order chi connectivity index (χ0) is 42.5. The van der Waals surface area contributed by atoms with Crippen molar-refractivity contribution in [2.24, 2.45) is 0 Å². The molecule has 0 bridgehead atoms. The van der Waals surface area contributed by atoms with E-state index >= 15 is 0 Å². The second-order valence-electron chi connectivity index (χ2n) is 17.7. The third-order valence-corrected chi connectivity index (χ3v) is 14.3. The van der Waals surface area contributed by atoms with Crippen LogP contribution in [0, 0.1) is 0 Å². The quantitative estimate of drug-likeness (QED) is 0.138. The van der Waals surface area contributed by atoms with Gasteiger partial charge in [0, 0.05) is 66.0 Å². The molecule has 6 aromatic heterocycles. The maximum absolute atomic E-state index is 6.03. The fourth-order valence-electron chi connectivity index (χ4n) is 11.6. The lowest BCUT2D eigenvalue weighted by molar-refractivity contribution is 0.331. The molecule has 6 heterocycles. The van der Waals surface area contributed by atoms with Gasteiger partial charge < -0.3 is 18.1 Å². The zero-order valence-corrected chi connectivity index (χ0v) is 36.3. The molecule has 6 heteroatoms. The smallest absolute Gasteiger partial charge is 0.229 e. The second-order valence-corrected chi connectivity index (χ2v) is 17.7. The minimum atomic E-state index is -0.308. The van der Waals surface area contributed by atoms with Gasteiger partial charge in [0.05, 0.1) is 39.4 Å². The number of aromatic nitrogens is 5. The Hall–Kier alpha value is -7.18. The molecule has 12 aromatic rings. The van der Waals surface area contributed by atoms with Gasteiger partial charge in [0.1, 0.15) is 0 Å². The summed E-state index contributed by atoms with van der Waals surface area (Å²) in [6, 6.07) is 56.6. The van der Waals surface area contributed by atoms with Gasteiger partial charge in [-0.1, -0.05) is 119 Å². The second kappa shape index (κ2) is 14.2. The third-order valence-electron chi connectivity index (χ3n) is 14.3. The Balaban J connectivity index is 1.07. The maximum atomic E-state index is 6.03. The van der Waals surface area contributed by atoms with Crippen LogP contribution in [0.25, 0.3) is 93.3 Å². The molecule has 63 heavy (non-hydrogen) atoms. The van der Waals surface area contributed by atoms with E-state index in [0.29, 0.717) is 11.4 Å². The number of para-hydroxylation sites is 4. The van der Waals surface area contributed by atoms with Crippen LogP contribution in [-0.2, 0) is 11.1 Å². The van der Waals surface area contributed by atoms with Crippen molar-refractivity contribution in [3.8, 4) is 5.69 Å². The molecule has 308 valence electrons. The van der Waals surface area contributed by atoms with Crippen molar-refractivity contribution in [2.75, 3.05) is 0 Å². The predicted molar refractivity (Wildman–Crippen MR) is 262 cm³/mol. The first-order valence-corrected chi connectivity index (χ1v) is 22.7. The molecule has 0 amide bonds. The lowest BCUT2D eigenvalue weighted by atomic mass is 9.81. The van der Waals surface area contributed by atoms with Gasteiger partial charge in [0.2, 0.25) is 11.4 Å². The Morgan fingerprint density at radius 3 is 1.65 bits per heavy atom. The number of rotatable bonds is 10. The van der Waals surface area contributed by atoms with E-state index in [4.69, 9.17) is 9.40 Å². The number of furan rings is 1. The van der Waals surface area contributed by atoms with Gasteiger partial charge in [0.25, 0.3) is 0 Å². The summed E-state index contributed by atoms with van der Waals surface area (Å²) in [6.45, 7) is 9.49. The molecule has 12 rings (SSSR count). The summed E-state index contributed by atoms with van der Waals surface area (Å²) in [4.78, 5) is 9.28. The lowest BCUT2D eigenvalue weighted by Gasteiger charge is -2.37. The van der Waals surface area contributed by atoms with E-state index in [1.165, 1.54) is 65.5 Å². The molecule has 2 atom stereocenters. The van der Waals surface area contributed by atoms with E-state index in [0.717, 1.165) is 59.6 Å². The minimum absolute atomic E-state index is 0.277. The molecular weight excluding hydrogens is 771 g/mol. The van der Waals surface area contributed by atoms with Gasteiger partial charge >= 0.3 is 0 Å². The van der Waals surface area contributed by atoms with E-state index in [-0.39, 0.29) is 11.1 Å². The molecule has 0 N–H and O–H groups in total. The highest BCUT2D eigenvalue weighted by atomic mass is 16.3. The highest BCUT2D eigenvalue weighted by Gasteiger charge is 2.37.